The summed E-state index contributed by atoms with van der Waals surface area (Å²) in [4.78, 5) is -0.114. The van der Waals surface area contributed by atoms with E-state index in [1.165, 1.54) is 0 Å². The Morgan fingerprint density at radius 3 is 2.47 bits per heavy atom. The number of hydrogen-bond donors (Lipinski definition) is 3. The summed E-state index contributed by atoms with van der Waals surface area (Å²) in [7, 11) is -3.60. The van der Waals surface area contributed by atoms with E-state index in [1.54, 1.807) is 0 Å². The van der Waals surface area contributed by atoms with Gasteiger partial charge in [-0.15, -0.1) is 0 Å². The third-order valence-corrected chi connectivity index (χ3v) is 3.75. The molecule has 7 heteroatoms. The van der Waals surface area contributed by atoms with Crippen molar-refractivity contribution in [2.45, 2.75) is 4.90 Å². The van der Waals surface area contributed by atoms with Crippen LogP contribution in [0.5, 0.6) is 5.75 Å². The molecule has 0 aliphatic heterocycles. The van der Waals surface area contributed by atoms with E-state index in [4.69, 9.17) is 22.4 Å². The van der Waals surface area contributed by atoms with Gasteiger partial charge in [0.25, 0.3) is 0 Å². The lowest BCUT2D eigenvalue weighted by Crippen LogP contribution is -2.10. The van der Waals surface area contributed by atoms with Gasteiger partial charge < -0.3 is 15.9 Å². The molecule has 15 heavy (non-hydrogen) atoms. The topological polar surface area (TPSA) is 101 Å². The molecule has 84 valence electrons. The Balaban J connectivity index is 3.29. The lowest BCUT2D eigenvalue weighted by molar-refractivity contribution is 0.319. The molecule has 4 N–H and O–H groups in total. The molecule has 0 saturated carbocycles. The number of phenolic OH excluding ortho intramolecular Hbond substituents is 1. The number of nitrogens with two attached hydrogens (primary N) is 1. The molecule has 0 aromatic heterocycles. The van der Waals surface area contributed by atoms with E-state index < -0.39 is 22.2 Å². The third-order valence-electron chi connectivity index (χ3n) is 1.79. The third kappa shape index (κ3) is 2.53. The summed E-state index contributed by atoms with van der Waals surface area (Å²) in [6.45, 7) is -0.485. The second-order valence-corrected chi connectivity index (χ2v) is 5.40. The van der Waals surface area contributed by atoms with E-state index in [2.05, 4.69) is 0 Å². The number of hydrogen-bond acceptors (Lipinski definition) is 5. The van der Waals surface area contributed by atoms with Gasteiger partial charge in [0, 0.05) is 0 Å². The highest BCUT2D eigenvalue weighted by atomic mass is 35.5. The van der Waals surface area contributed by atoms with Crippen molar-refractivity contribution in [1.82, 2.24) is 0 Å². The van der Waals surface area contributed by atoms with Crippen LogP contribution in [0.25, 0.3) is 0 Å². The Bertz CT molecular complexity index is 449. The number of aromatic hydroxyl groups is 1. The van der Waals surface area contributed by atoms with Crippen LogP contribution < -0.4 is 5.73 Å². The van der Waals surface area contributed by atoms with Crippen LogP contribution in [0.2, 0.25) is 5.02 Å². The fraction of sp³-hybridized carbons (Fsp3) is 0.250. The van der Waals surface area contributed by atoms with Crippen molar-refractivity contribution < 1.29 is 18.6 Å². The summed E-state index contributed by atoms with van der Waals surface area (Å²) in [5.41, 5.74) is 5.24. The molecule has 0 unspecified atom stereocenters. The molecule has 0 bridgehead atoms. The van der Waals surface area contributed by atoms with Crippen LogP contribution in [0.4, 0.5) is 5.69 Å². The molecule has 0 saturated heterocycles. The van der Waals surface area contributed by atoms with Gasteiger partial charge in [-0.25, -0.2) is 8.42 Å². The van der Waals surface area contributed by atoms with E-state index in [0.717, 1.165) is 12.1 Å². The molecule has 0 aliphatic carbocycles. The van der Waals surface area contributed by atoms with E-state index in [9.17, 15) is 13.5 Å². The zero-order chi connectivity index (χ0) is 11.6. The van der Waals surface area contributed by atoms with Gasteiger partial charge in [-0.05, 0) is 12.1 Å². The normalized spacial score (nSPS) is 11.6. The highest BCUT2D eigenvalue weighted by Gasteiger charge is 2.17. The van der Waals surface area contributed by atoms with Gasteiger partial charge in [0.15, 0.2) is 15.6 Å². The van der Waals surface area contributed by atoms with E-state index in [-0.39, 0.29) is 21.4 Å². The zero-order valence-corrected chi connectivity index (χ0v) is 9.22. The molecule has 0 amide bonds. The number of sulfone groups is 1. The van der Waals surface area contributed by atoms with Crippen LogP contribution in [0.3, 0.4) is 0 Å². The number of aliphatic hydroxyl groups excluding tert-OH is 1. The summed E-state index contributed by atoms with van der Waals surface area (Å²) in [6, 6.07) is 2.20. The number of halogens is 1. The summed E-state index contributed by atoms with van der Waals surface area (Å²) < 4.78 is 23.0. The maximum atomic E-state index is 11.5. The quantitative estimate of drug-likeness (QED) is 0.533. The first-order valence-corrected chi connectivity index (χ1v) is 6.03. The predicted molar refractivity (Wildman–Crippen MR) is 56.7 cm³/mol. The standard InChI is InChI=1S/C8H10ClNO4S/c9-6-3-5(4-7(10)8(6)12)15(13,14)2-1-11/h3-4,11-12H,1-2,10H2. The number of rotatable bonds is 3. The molecule has 5 nitrogen and oxygen atoms in total. The molecule has 0 fully saturated rings. The first-order chi connectivity index (χ1) is 6.88. The van der Waals surface area contributed by atoms with Gasteiger partial charge in [0.05, 0.1) is 28.0 Å². The van der Waals surface area contributed by atoms with Gasteiger partial charge in [-0.3, -0.25) is 0 Å². The van der Waals surface area contributed by atoms with Crippen molar-refractivity contribution >= 4 is 27.1 Å². The van der Waals surface area contributed by atoms with E-state index >= 15 is 0 Å². The van der Waals surface area contributed by atoms with Crippen LogP contribution in [0.15, 0.2) is 17.0 Å². The number of aliphatic hydroxyl groups is 1. The van der Waals surface area contributed by atoms with Crippen molar-refractivity contribution in [2.75, 3.05) is 18.1 Å². The Labute approximate surface area is 92.0 Å². The molecular formula is C8H10ClNO4S. The SMILES string of the molecule is Nc1cc(S(=O)(=O)CCO)cc(Cl)c1O. The zero-order valence-electron chi connectivity index (χ0n) is 7.64. The van der Waals surface area contributed by atoms with E-state index in [0.29, 0.717) is 0 Å². The number of benzene rings is 1. The van der Waals surface area contributed by atoms with Crippen LogP contribution in [-0.2, 0) is 9.84 Å². The fourth-order valence-corrected chi connectivity index (χ4v) is 2.38. The molecule has 1 rings (SSSR count). The molecular weight excluding hydrogens is 242 g/mol. The monoisotopic (exact) mass is 251 g/mol. The first kappa shape index (κ1) is 12.1. The van der Waals surface area contributed by atoms with Gasteiger partial charge in [-0.2, -0.15) is 0 Å². The van der Waals surface area contributed by atoms with E-state index in [1.807, 2.05) is 0 Å². The number of anilines is 1. The summed E-state index contributed by atoms with van der Waals surface area (Å²) in [5, 5.41) is 17.7. The van der Waals surface area contributed by atoms with Crippen molar-refractivity contribution in [3.63, 3.8) is 0 Å². The van der Waals surface area contributed by atoms with Crippen LogP contribution in [0, 0.1) is 0 Å². The molecule has 0 radical (unpaired) electrons. The summed E-state index contributed by atoms with van der Waals surface area (Å²) >= 11 is 5.57. The van der Waals surface area contributed by atoms with Gasteiger partial charge >= 0.3 is 0 Å². The minimum atomic E-state index is -3.60. The molecule has 0 spiro atoms. The Hall–Kier alpha value is -0.980. The first-order valence-electron chi connectivity index (χ1n) is 4.00. The summed E-state index contributed by atoms with van der Waals surface area (Å²) in [5.74, 6) is -0.757. The molecule has 1 aromatic rings. The lowest BCUT2D eigenvalue weighted by Gasteiger charge is -2.06. The average molecular weight is 252 g/mol. The van der Waals surface area contributed by atoms with Crippen molar-refractivity contribution in [1.29, 1.82) is 0 Å². The molecule has 0 heterocycles. The molecule has 0 aliphatic rings. The average Bonchev–Trinajstić information content (AvgIpc) is 2.13. The maximum Gasteiger partial charge on any atom is 0.180 e. The lowest BCUT2D eigenvalue weighted by atomic mass is 10.3. The molecule has 0 atom stereocenters. The van der Waals surface area contributed by atoms with Crippen LogP contribution in [0.1, 0.15) is 0 Å². The fourth-order valence-electron chi connectivity index (χ4n) is 1.01. The number of phenols is 1. The van der Waals surface area contributed by atoms with Crippen molar-refractivity contribution in [3.05, 3.63) is 17.2 Å². The highest BCUT2D eigenvalue weighted by Crippen LogP contribution is 2.32. The van der Waals surface area contributed by atoms with Crippen LogP contribution >= 0.6 is 11.6 Å². The van der Waals surface area contributed by atoms with Crippen molar-refractivity contribution in [2.24, 2.45) is 0 Å². The van der Waals surface area contributed by atoms with Crippen molar-refractivity contribution in [3.8, 4) is 5.75 Å². The second-order valence-electron chi connectivity index (χ2n) is 2.89. The Morgan fingerprint density at radius 2 is 2.00 bits per heavy atom. The Morgan fingerprint density at radius 1 is 1.40 bits per heavy atom. The maximum absolute atomic E-state index is 11.5. The minimum absolute atomic E-state index is 0.112. The van der Waals surface area contributed by atoms with Crippen LogP contribution in [-0.4, -0.2) is 31.0 Å². The largest absolute Gasteiger partial charge is 0.504 e. The Kier molecular flexibility index (Phi) is 3.43. The minimum Gasteiger partial charge on any atom is -0.504 e. The van der Waals surface area contributed by atoms with Gasteiger partial charge in [0.1, 0.15) is 0 Å². The second kappa shape index (κ2) is 4.26. The van der Waals surface area contributed by atoms with Gasteiger partial charge in [-0.1, -0.05) is 11.6 Å². The predicted octanol–water partition coefficient (Wildman–Crippen LogP) is 0.394. The smallest absolute Gasteiger partial charge is 0.180 e. The summed E-state index contributed by atoms with van der Waals surface area (Å²) in [6.07, 6.45) is 0. The highest BCUT2D eigenvalue weighted by molar-refractivity contribution is 7.91. The number of nitrogen functional groups attached to an aromatic ring is 1. The molecule has 1 aromatic carbocycles. The van der Waals surface area contributed by atoms with Gasteiger partial charge in [0.2, 0.25) is 0 Å².